The molecule has 1 aliphatic rings. The second-order valence-electron chi connectivity index (χ2n) is 9.49. The third kappa shape index (κ3) is 6.53. The van der Waals surface area contributed by atoms with Gasteiger partial charge in [0.15, 0.2) is 16.3 Å². The van der Waals surface area contributed by atoms with Crippen molar-refractivity contribution in [1.82, 2.24) is 4.57 Å². The molecule has 0 radical (unpaired) electrons. The maximum Gasteiger partial charge on any atom is 0.338 e. The smallest absolute Gasteiger partial charge is 0.338 e. The van der Waals surface area contributed by atoms with E-state index >= 15 is 0 Å². The van der Waals surface area contributed by atoms with E-state index in [4.69, 9.17) is 49.0 Å². The van der Waals surface area contributed by atoms with Crippen molar-refractivity contribution in [2.24, 2.45) is 4.99 Å². The minimum Gasteiger partial charge on any atom is -0.490 e. The van der Waals surface area contributed by atoms with Gasteiger partial charge in [-0.2, -0.15) is 0 Å². The van der Waals surface area contributed by atoms with Gasteiger partial charge in [-0.15, -0.1) is 0 Å². The van der Waals surface area contributed by atoms with Crippen molar-refractivity contribution in [3.63, 3.8) is 0 Å². The zero-order valence-electron chi connectivity index (χ0n) is 23.5. The van der Waals surface area contributed by atoms with Crippen molar-refractivity contribution in [2.45, 2.75) is 33.4 Å². The molecular formula is C32H27Cl3N2O5S. The third-order valence-electron chi connectivity index (χ3n) is 6.68. The Morgan fingerprint density at radius 1 is 0.977 bits per heavy atom. The van der Waals surface area contributed by atoms with Crippen LogP contribution in [0, 0.1) is 0 Å². The first-order chi connectivity index (χ1) is 20.7. The van der Waals surface area contributed by atoms with Crippen LogP contribution in [-0.4, -0.2) is 23.8 Å². The summed E-state index contributed by atoms with van der Waals surface area (Å²) in [6.45, 7) is 6.16. The minimum absolute atomic E-state index is 0.184. The number of hydrogen-bond acceptors (Lipinski definition) is 7. The Kier molecular flexibility index (Phi) is 9.62. The van der Waals surface area contributed by atoms with Gasteiger partial charge in [0.1, 0.15) is 12.6 Å². The van der Waals surface area contributed by atoms with Gasteiger partial charge in [0, 0.05) is 20.6 Å². The molecule has 0 bridgehead atoms. The number of carbonyl (C=O) groups excluding carboxylic acids is 1. The van der Waals surface area contributed by atoms with Crippen molar-refractivity contribution < 1.29 is 19.0 Å². The summed E-state index contributed by atoms with van der Waals surface area (Å²) in [4.78, 5) is 32.1. The Labute approximate surface area is 267 Å². The van der Waals surface area contributed by atoms with Crippen LogP contribution in [0.3, 0.4) is 0 Å². The zero-order valence-corrected chi connectivity index (χ0v) is 26.6. The number of aromatic nitrogens is 1. The second-order valence-corrected chi connectivity index (χ2v) is 11.7. The number of carbonyl (C=O) groups is 1. The van der Waals surface area contributed by atoms with E-state index in [9.17, 15) is 9.59 Å². The highest BCUT2D eigenvalue weighted by atomic mass is 35.5. The van der Waals surface area contributed by atoms with Gasteiger partial charge in [0.05, 0.1) is 29.0 Å². The number of thiazole rings is 1. The number of nitrogens with zero attached hydrogens (tertiary/aromatic N) is 2. The van der Waals surface area contributed by atoms with Crippen molar-refractivity contribution in [2.75, 3.05) is 13.2 Å². The van der Waals surface area contributed by atoms with Gasteiger partial charge in [-0.1, -0.05) is 76.5 Å². The Bertz CT molecular complexity index is 1910. The normalized spacial score (nSPS) is 14.7. The molecule has 1 atom stereocenters. The molecule has 0 aliphatic carbocycles. The van der Waals surface area contributed by atoms with E-state index in [1.54, 1.807) is 62.4 Å². The molecule has 5 rings (SSSR count). The summed E-state index contributed by atoms with van der Waals surface area (Å²) in [5.41, 5.74) is 2.55. The number of halogens is 3. The van der Waals surface area contributed by atoms with E-state index in [-0.39, 0.29) is 24.3 Å². The summed E-state index contributed by atoms with van der Waals surface area (Å²) in [6, 6.07) is 17.0. The SMILES string of the molecule is CCOC(=O)C1=C(C)N=c2sc(=Cc3ccc(OCc4ccc(Cl)cc4Cl)c(OCC)c3)c(=O)n2C1c1ccccc1Cl. The van der Waals surface area contributed by atoms with E-state index in [1.165, 1.54) is 15.9 Å². The molecule has 1 aliphatic heterocycles. The van der Waals surface area contributed by atoms with Crippen molar-refractivity contribution in [1.29, 1.82) is 0 Å². The molecule has 0 saturated heterocycles. The second kappa shape index (κ2) is 13.4. The molecule has 0 N–H and O–H groups in total. The first-order valence-electron chi connectivity index (χ1n) is 13.5. The molecule has 11 heteroatoms. The van der Waals surface area contributed by atoms with Gasteiger partial charge in [0.25, 0.3) is 5.56 Å². The van der Waals surface area contributed by atoms with Gasteiger partial charge in [-0.05, 0) is 68.3 Å². The van der Waals surface area contributed by atoms with Crippen LogP contribution in [0.2, 0.25) is 15.1 Å². The molecule has 7 nitrogen and oxygen atoms in total. The van der Waals surface area contributed by atoms with Crippen LogP contribution in [-0.2, 0) is 16.1 Å². The lowest BCUT2D eigenvalue weighted by molar-refractivity contribution is -0.139. The summed E-state index contributed by atoms with van der Waals surface area (Å²) in [7, 11) is 0. The molecular weight excluding hydrogens is 631 g/mol. The Morgan fingerprint density at radius 2 is 1.77 bits per heavy atom. The molecule has 2 heterocycles. The molecule has 4 aromatic rings. The number of benzene rings is 3. The number of rotatable bonds is 9. The zero-order chi connectivity index (χ0) is 30.7. The van der Waals surface area contributed by atoms with Crippen LogP contribution in [0.15, 0.2) is 81.7 Å². The van der Waals surface area contributed by atoms with Crippen LogP contribution in [0.5, 0.6) is 11.5 Å². The van der Waals surface area contributed by atoms with E-state index in [0.29, 0.717) is 53.8 Å². The quantitative estimate of drug-likeness (QED) is 0.187. The first kappa shape index (κ1) is 30.9. The van der Waals surface area contributed by atoms with Crippen LogP contribution < -0.4 is 24.4 Å². The number of ether oxygens (including phenoxy) is 3. The minimum atomic E-state index is -0.791. The summed E-state index contributed by atoms with van der Waals surface area (Å²) in [6.07, 6.45) is 1.76. The van der Waals surface area contributed by atoms with Crippen molar-refractivity contribution in [3.05, 3.63) is 123 Å². The average Bonchev–Trinajstić information content (AvgIpc) is 3.27. The summed E-state index contributed by atoms with van der Waals surface area (Å²) in [5.74, 6) is 0.503. The molecule has 0 spiro atoms. The van der Waals surface area contributed by atoms with Crippen molar-refractivity contribution >= 4 is 58.2 Å². The molecule has 0 fully saturated rings. The fraction of sp³-hybridized carbons (Fsp3) is 0.219. The van der Waals surface area contributed by atoms with Crippen LogP contribution in [0.25, 0.3) is 6.08 Å². The topological polar surface area (TPSA) is 79.1 Å². The number of fused-ring (bicyclic) bond motifs is 1. The molecule has 0 saturated carbocycles. The Balaban J connectivity index is 1.55. The summed E-state index contributed by atoms with van der Waals surface area (Å²) >= 11 is 20.1. The number of esters is 1. The highest BCUT2D eigenvalue weighted by Gasteiger charge is 2.34. The molecule has 3 aromatic carbocycles. The average molecular weight is 658 g/mol. The van der Waals surface area contributed by atoms with E-state index < -0.39 is 12.0 Å². The predicted octanol–water partition coefficient (Wildman–Crippen LogP) is 6.74. The molecule has 1 aromatic heterocycles. The standard InChI is InChI=1S/C32H27Cl3N2O5S/c1-4-40-26-14-19(10-13-25(26)42-17-20-11-12-21(33)16-24(20)35)15-27-30(38)37-29(22-8-6-7-9-23(22)34)28(31(39)41-5-2)18(3)36-32(37)43-27/h6-16,29H,4-5,17H2,1-3H3. The maximum absolute atomic E-state index is 13.9. The molecule has 43 heavy (non-hydrogen) atoms. The lowest BCUT2D eigenvalue weighted by Gasteiger charge is -2.25. The Hall–Kier alpha value is -3.56. The predicted molar refractivity (Wildman–Crippen MR) is 170 cm³/mol. The number of allylic oxidation sites excluding steroid dienone is 1. The summed E-state index contributed by atoms with van der Waals surface area (Å²) < 4.78 is 19.2. The third-order valence-corrected chi connectivity index (χ3v) is 8.59. The molecule has 222 valence electrons. The van der Waals surface area contributed by atoms with Gasteiger partial charge in [0.2, 0.25) is 0 Å². The van der Waals surface area contributed by atoms with E-state index in [0.717, 1.165) is 11.1 Å². The van der Waals surface area contributed by atoms with Crippen molar-refractivity contribution in [3.8, 4) is 11.5 Å². The molecule has 0 amide bonds. The van der Waals surface area contributed by atoms with E-state index in [2.05, 4.69) is 4.99 Å². The largest absolute Gasteiger partial charge is 0.490 e. The van der Waals surface area contributed by atoms with Crippen LogP contribution in [0.4, 0.5) is 0 Å². The monoisotopic (exact) mass is 656 g/mol. The van der Waals surface area contributed by atoms with Gasteiger partial charge in [-0.25, -0.2) is 9.79 Å². The van der Waals surface area contributed by atoms with Gasteiger partial charge in [-0.3, -0.25) is 9.36 Å². The van der Waals surface area contributed by atoms with E-state index in [1.807, 2.05) is 25.1 Å². The highest BCUT2D eigenvalue weighted by Crippen LogP contribution is 2.35. The van der Waals surface area contributed by atoms with Crippen LogP contribution in [0.1, 0.15) is 43.5 Å². The van der Waals surface area contributed by atoms with Crippen LogP contribution >= 0.6 is 46.1 Å². The lowest BCUT2D eigenvalue weighted by Crippen LogP contribution is -2.40. The molecule has 1 unspecified atom stereocenters. The lowest BCUT2D eigenvalue weighted by atomic mass is 9.96. The fourth-order valence-electron chi connectivity index (χ4n) is 4.73. The Morgan fingerprint density at radius 3 is 2.49 bits per heavy atom. The maximum atomic E-state index is 13.9. The highest BCUT2D eigenvalue weighted by molar-refractivity contribution is 7.07. The fourth-order valence-corrected chi connectivity index (χ4v) is 6.48. The first-order valence-corrected chi connectivity index (χ1v) is 15.4. The summed E-state index contributed by atoms with van der Waals surface area (Å²) in [5, 5.41) is 1.48. The van der Waals surface area contributed by atoms with Gasteiger partial charge >= 0.3 is 5.97 Å². The van der Waals surface area contributed by atoms with Gasteiger partial charge < -0.3 is 14.2 Å². The number of hydrogen-bond donors (Lipinski definition) is 0.